The number of nitrogens with zero attached hydrogens (tertiary/aromatic N) is 1. The van der Waals surface area contributed by atoms with E-state index < -0.39 is 0 Å². The molecule has 28 heavy (non-hydrogen) atoms. The molecule has 152 valence electrons. The lowest BCUT2D eigenvalue weighted by Crippen LogP contribution is -2.44. The topological polar surface area (TPSA) is 63.9 Å². The number of carbonyl (C=O) groups excluding carboxylic acids is 1. The van der Waals surface area contributed by atoms with Gasteiger partial charge in [0.05, 0.1) is 38.5 Å². The van der Waals surface area contributed by atoms with Crippen molar-refractivity contribution in [1.29, 1.82) is 0 Å². The highest BCUT2D eigenvalue weighted by Crippen LogP contribution is 2.27. The quantitative estimate of drug-likeness (QED) is 0.755. The third-order valence-electron chi connectivity index (χ3n) is 5.25. The maximum absolute atomic E-state index is 13.1. The predicted octanol–water partition coefficient (Wildman–Crippen LogP) is 3.22. The van der Waals surface area contributed by atoms with E-state index in [2.05, 4.69) is 24.1 Å². The van der Waals surface area contributed by atoms with Crippen LogP contribution in [0, 0.1) is 5.92 Å². The molecular formula is C22H30N2O4. The Hall–Kier alpha value is -2.31. The average molecular weight is 386 g/mol. The number of nitrogens with one attached hydrogen (secondary N) is 1. The number of furan rings is 1. The van der Waals surface area contributed by atoms with Crippen LogP contribution < -0.4 is 10.1 Å². The molecule has 0 bridgehead atoms. The van der Waals surface area contributed by atoms with Crippen molar-refractivity contribution in [2.24, 2.45) is 5.92 Å². The Morgan fingerprint density at radius 1 is 1.18 bits per heavy atom. The van der Waals surface area contributed by atoms with Gasteiger partial charge in [0.25, 0.3) is 0 Å². The zero-order valence-corrected chi connectivity index (χ0v) is 16.9. The van der Waals surface area contributed by atoms with Gasteiger partial charge in [0.15, 0.2) is 0 Å². The standard InChI is InChI=1S/C22H30N2O4/c1-16(2)21(17-6-8-18(26-3)9-7-17)22(25)23-15-19(20-5-4-12-28-20)24-10-13-27-14-11-24/h4-9,12,16,19,21H,10-11,13-15H2,1-3H3,(H,23,25). The summed E-state index contributed by atoms with van der Waals surface area (Å²) in [4.78, 5) is 15.4. The summed E-state index contributed by atoms with van der Waals surface area (Å²) in [5, 5.41) is 3.16. The highest BCUT2D eigenvalue weighted by Gasteiger charge is 2.28. The van der Waals surface area contributed by atoms with Crippen LogP contribution in [-0.2, 0) is 9.53 Å². The van der Waals surface area contributed by atoms with E-state index in [0.717, 1.165) is 30.2 Å². The molecule has 1 aliphatic rings. The van der Waals surface area contributed by atoms with Gasteiger partial charge in [-0.25, -0.2) is 0 Å². The van der Waals surface area contributed by atoms with Crippen molar-refractivity contribution in [3.05, 3.63) is 54.0 Å². The van der Waals surface area contributed by atoms with Gasteiger partial charge in [-0.15, -0.1) is 0 Å². The van der Waals surface area contributed by atoms with Gasteiger partial charge in [-0.2, -0.15) is 0 Å². The second-order valence-corrected chi connectivity index (χ2v) is 7.42. The maximum atomic E-state index is 13.1. The molecule has 2 atom stereocenters. The van der Waals surface area contributed by atoms with Crippen LogP contribution >= 0.6 is 0 Å². The number of morpholine rings is 1. The van der Waals surface area contributed by atoms with Gasteiger partial charge in [0.2, 0.25) is 5.91 Å². The summed E-state index contributed by atoms with van der Waals surface area (Å²) in [6.07, 6.45) is 1.68. The number of benzene rings is 1. The molecule has 1 amide bonds. The summed E-state index contributed by atoms with van der Waals surface area (Å²) >= 11 is 0. The van der Waals surface area contributed by atoms with Gasteiger partial charge in [-0.05, 0) is 35.7 Å². The molecule has 2 unspecified atom stereocenters. The molecule has 2 aromatic rings. The number of hydrogen-bond acceptors (Lipinski definition) is 5. The summed E-state index contributed by atoms with van der Waals surface area (Å²) in [7, 11) is 1.64. The number of carbonyl (C=O) groups is 1. The van der Waals surface area contributed by atoms with Gasteiger partial charge in [0, 0.05) is 19.6 Å². The molecule has 1 saturated heterocycles. The third-order valence-corrected chi connectivity index (χ3v) is 5.25. The van der Waals surface area contributed by atoms with E-state index in [1.807, 2.05) is 36.4 Å². The van der Waals surface area contributed by atoms with E-state index in [9.17, 15) is 4.79 Å². The van der Waals surface area contributed by atoms with Gasteiger partial charge in [-0.3, -0.25) is 9.69 Å². The molecular weight excluding hydrogens is 356 g/mol. The summed E-state index contributed by atoms with van der Waals surface area (Å²) < 4.78 is 16.4. The van der Waals surface area contributed by atoms with Crippen molar-refractivity contribution in [2.75, 3.05) is 40.0 Å². The molecule has 0 radical (unpaired) electrons. The van der Waals surface area contributed by atoms with E-state index in [0.29, 0.717) is 19.8 Å². The Morgan fingerprint density at radius 3 is 2.46 bits per heavy atom. The lowest BCUT2D eigenvalue weighted by atomic mass is 9.87. The first kappa shape index (κ1) is 20.4. The number of amides is 1. The Bertz CT molecular complexity index is 722. The average Bonchev–Trinajstić information content (AvgIpc) is 3.24. The molecule has 1 aromatic heterocycles. The molecule has 1 N–H and O–H groups in total. The van der Waals surface area contributed by atoms with E-state index in [4.69, 9.17) is 13.9 Å². The molecule has 0 spiro atoms. The van der Waals surface area contributed by atoms with Gasteiger partial charge >= 0.3 is 0 Å². The van der Waals surface area contributed by atoms with Crippen molar-refractivity contribution in [3.8, 4) is 5.75 Å². The van der Waals surface area contributed by atoms with Crippen molar-refractivity contribution in [3.63, 3.8) is 0 Å². The van der Waals surface area contributed by atoms with Crippen LogP contribution in [0.25, 0.3) is 0 Å². The zero-order valence-electron chi connectivity index (χ0n) is 16.9. The lowest BCUT2D eigenvalue weighted by Gasteiger charge is -2.33. The number of rotatable bonds is 8. The SMILES string of the molecule is COc1ccc(C(C(=O)NCC(c2ccco2)N2CCOCC2)C(C)C)cc1. The van der Waals surface area contributed by atoms with Crippen LogP contribution in [0.4, 0.5) is 0 Å². The normalized spacial score (nSPS) is 17.3. The molecule has 0 saturated carbocycles. The first-order chi connectivity index (χ1) is 13.6. The molecule has 6 nitrogen and oxygen atoms in total. The van der Waals surface area contributed by atoms with E-state index >= 15 is 0 Å². The molecule has 1 aliphatic heterocycles. The number of ether oxygens (including phenoxy) is 2. The second-order valence-electron chi connectivity index (χ2n) is 7.42. The highest BCUT2D eigenvalue weighted by molar-refractivity contribution is 5.84. The monoisotopic (exact) mass is 386 g/mol. The number of methoxy groups -OCH3 is 1. The Labute approximate surface area is 166 Å². The Morgan fingerprint density at radius 2 is 1.89 bits per heavy atom. The molecule has 2 heterocycles. The predicted molar refractivity (Wildman–Crippen MR) is 107 cm³/mol. The summed E-state index contributed by atoms with van der Waals surface area (Å²) in [5.41, 5.74) is 0.995. The minimum Gasteiger partial charge on any atom is -0.497 e. The number of hydrogen-bond donors (Lipinski definition) is 1. The van der Waals surface area contributed by atoms with Crippen LogP contribution in [0.1, 0.15) is 37.1 Å². The van der Waals surface area contributed by atoms with E-state index in [1.165, 1.54) is 0 Å². The van der Waals surface area contributed by atoms with Crippen molar-refractivity contribution in [1.82, 2.24) is 10.2 Å². The fraction of sp³-hybridized carbons (Fsp3) is 0.500. The van der Waals surface area contributed by atoms with Crippen molar-refractivity contribution in [2.45, 2.75) is 25.8 Å². The van der Waals surface area contributed by atoms with Crippen LogP contribution in [-0.4, -0.2) is 50.8 Å². The van der Waals surface area contributed by atoms with Gasteiger partial charge in [-0.1, -0.05) is 26.0 Å². The Balaban J connectivity index is 1.70. The van der Waals surface area contributed by atoms with E-state index in [-0.39, 0.29) is 23.8 Å². The van der Waals surface area contributed by atoms with Crippen molar-refractivity contribution < 1.29 is 18.7 Å². The van der Waals surface area contributed by atoms with Crippen LogP contribution in [0.15, 0.2) is 47.1 Å². The lowest BCUT2D eigenvalue weighted by molar-refractivity contribution is -0.123. The minimum absolute atomic E-state index is 0.00605. The first-order valence-electron chi connectivity index (χ1n) is 9.87. The summed E-state index contributed by atoms with van der Waals surface area (Å²) in [6.45, 7) is 7.70. The third kappa shape index (κ3) is 4.94. The molecule has 0 aliphatic carbocycles. The van der Waals surface area contributed by atoms with Gasteiger partial charge < -0.3 is 19.2 Å². The largest absolute Gasteiger partial charge is 0.497 e. The van der Waals surface area contributed by atoms with Crippen LogP contribution in [0.2, 0.25) is 0 Å². The summed E-state index contributed by atoms with van der Waals surface area (Å²) in [5.74, 6) is 1.65. The van der Waals surface area contributed by atoms with E-state index in [1.54, 1.807) is 13.4 Å². The first-order valence-corrected chi connectivity index (χ1v) is 9.87. The van der Waals surface area contributed by atoms with Gasteiger partial charge in [0.1, 0.15) is 11.5 Å². The highest BCUT2D eigenvalue weighted by atomic mass is 16.5. The zero-order chi connectivity index (χ0) is 19.9. The van der Waals surface area contributed by atoms with Crippen LogP contribution in [0.3, 0.4) is 0 Å². The Kier molecular flexibility index (Phi) is 7.12. The molecule has 6 heteroatoms. The molecule has 1 aromatic carbocycles. The van der Waals surface area contributed by atoms with Crippen LogP contribution in [0.5, 0.6) is 5.75 Å². The molecule has 1 fully saturated rings. The molecule has 3 rings (SSSR count). The fourth-order valence-electron chi connectivity index (χ4n) is 3.74. The fourth-order valence-corrected chi connectivity index (χ4v) is 3.74. The minimum atomic E-state index is -0.215. The summed E-state index contributed by atoms with van der Waals surface area (Å²) in [6, 6.07) is 11.6. The maximum Gasteiger partial charge on any atom is 0.227 e. The second kappa shape index (κ2) is 9.75. The smallest absolute Gasteiger partial charge is 0.227 e. The van der Waals surface area contributed by atoms with Crippen molar-refractivity contribution >= 4 is 5.91 Å².